The van der Waals surface area contributed by atoms with Crippen molar-refractivity contribution in [3.63, 3.8) is 0 Å². The van der Waals surface area contributed by atoms with Crippen LogP contribution in [0.3, 0.4) is 0 Å². The summed E-state index contributed by atoms with van der Waals surface area (Å²) >= 11 is 3.35. The lowest BCUT2D eigenvalue weighted by atomic mass is 9.78. The van der Waals surface area contributed by atoms with E-state index in [1.54, 1.807) is 78.1 Å². The van der Waals surface area contributed by atoms with Crippen molar-refractivity contribution >= 4 is 15.9 Å². The van der Waals surface area contributed by atoms with E-state index in [1.165, 1.54) is 0 Å². The second-order valence-electron chi connectivity index (χ2n) is 6.40. The lowest BCUT2D eigenvalue weighted by Crippen LogP contribution is -2.39. The van der Waals surface area contributed by atoms with Crippen LogP contribution in [-0.2, 0) is 5.60 Å². The first-order chi connectivity index (χ1) is 14.1. The van der Waals surface area contributed by atoms with E-state index in [1.807, 2.05) is 6.07 Å². The van der Waals surface area contributed by atoms with E-state index in [9.17, 15) is 10.4 Å². The molecule has 0 aliphatic heterocycles. The minimum Gasteiger partial charge on any atom is -0.378 e. The van der Waals surface area contributed by atoms with Crippen LogP contribution >= 0.6 is 15.9 Å². The number of aromatic nitrogens is 5. The number of nitrogens with zero attached hydrogens (tertiary/aromatic N) is 6. The molecule has 0 radical (unpaired) electrons. The molecule has 0 saturated carbocycles. The normalized spacial score (nSPS) is 14.0. The molecule has 7 nitrogen and oxygen atoms in total. The quantitative estimate of drug-likeness (QED) is 0.472. The molecule has 2 atom stereocenters. The van der Waals surface area contributed by atoms with Gasteiger partial charge in [-0.05, 0) is 51.3 Å². The van der Waals surface area contributed by atoms with Gasteiger partial charge in [-0.1, -0.05) is 29.5 Å². The van der Waals surface area contributed by atoms with E-state index in [0.717, 1.165) is 0 Å². The predicted molar refractivity (Wildman–Crippen MR) is 108 cm³/mol. The summed E-state index contributed by atoms with van der Waals surface area (Å²) in [6, 6.07) is 15.5. The first kappa shape index (κ1) is 18.9. The fraction of sp³-hybridized carbons (Fsp3) is 0.0952. The van der Waals surface area contributed by atoms with E-state index in [4.69, 9.17) is 0 Å². The Labute approximate surface area is 175 Å². The van der Waals surface area contributed by atoms with Crippen LogP contribution in [0, 0.1) is 11.3 Å². The molecule has 0 spiro atoms. The van der Waals surface area contributed by atoms with Crippen LogP contribution in [0.2, 0.25) is 0 Å². The van der Waals surface area contributed by atoms with Crippen LogP contribution in [0.4, 0.5) is 0 Å². The highest BCUT2D eigenvalue weighted by molar-refractivity contribution is 9.10. The van der Waals surface area contributed by atoms with Gasteiger partial charge in [-0.15, -0.1) is 5.10 Å². The Kier molecular flexibility index (Phi) is 5.16. The zero-order valence-electron chi connectivity index (χ0n) is 15.1. The fourth-order valence-corrected chi connectivity index (χ4v) is 3.62. The number of nitriles is 1. The fourth-order valence-electron chi connectivity index (χ4n) is 3.39. The predicted octanol–water partition coefficient (Wildman–Crippen LogP) is 3.23. The first-order valence-electron chi connectivity index (χ1n) is 8.73. The number of halogens is 1. The highest BCUT2D eigenvalue weighted by Gasteiger charge is 2.43. The third kappa shape index (κ3) is 3.53. The van der Waals surface area contributed by atoms with E-state index >= 15 is 0 Å². The van der Waals surface area contributed by atoms with Crippen molar-refractivity contribution in [3.8, 4) is 6.07 Å². The highest BCUT2D eigenvalue weighted by Crippen LogP contribution is 2.43. The average molecular weight is 447 g/mol. The Balaban J connectivity index is 2.01. The van der Waals surface area contributed by atoms with Gasteiger partial charge in [-0.3, -0.25) is 4.98 Å². The summed E-state index contributed by atoms with van der Waals surface area (Å²) in [6.45, 7) is 0. The Bertz CT molecular complexity index is 1140. The molecule has 0 amide bonds. The molecule has 0 bridgehead atoms. The van der Waals surface area contributed by atoms with Crippen molar-refractivity contribution in [2.75, 3.05) is 0 Å². The van der Waals surface area contributed by atoms with Gasteiger partial charge in [0.15, 0.2) is 0 Å². The summed E-state index contributed by atoms with van der Waals surface area (Å²) in [7, 11) is 0. The molecule has 29 heavy (non-hydrogen) atoms. The van der Waals surface area contributed by atoms with Gasteiger partial charge in [0, 0.05) is 30.4 Å². The van der Waals surface area contributed by atoms with Gasteiger partial charge < -0.3 is 5.11 Å². The minimum absolute atomic E-state index is 0.441. The van der Waals surface area contributed by atoms with Gasteiger partial charge in [0.25, 0.3) is 0 Å². The molecule has 4 aromatic rings. The largest absolute Gasteiger partial charge is 0.378 e. The van der Waals surface area contributed by atoms with Crippen molar-refractivity contribution < 1.29 is 5.11 Å². The smallest absolute Gasteiger partial charge is 0.143 e. The Hall–Kier alpha value is -3.41. The lowest BCUT2D eigenvalue weighted by molar-refractivity contribution is 0.0325. The molecule has 4 rings (SSSR count). The van der Waals surface area contributed by atoms with Crippen molar-refractivity contribution in [2.45, 2.75) is 11.6 Å². The zero-order valence-corrected chi connectivity index (χ0v) is 16.7. The van der Waals surface area contributed by atoms with Crippen LogP contribution < -0.4 is 0 Å². The Morgan fingerprint density at radius 1 is 1.07 bits per heavy atom. The van der Waals surface area contributed by atoms with Crippen molar-refractivity contribution in [1.29, 1.82) is 5.26 Å². The van der Waals surface area contributed by atoms with Crippen molar-refractivity contribution in [2.24, 2.45) is 0 Å². The Morgan fingerprint density at radius 2 is 1.93 bits per heavy atom. The van der Waals surface area contributed by atoms with Gasteiger partial charge in [0.2, 0.25) is 0 Å². The summed E-state index contributed by atoms with van der Waals surface area (Å²) in [4.78, 5) is 8.52. The molecule has 8 heteroatoms. The maximum Gasteiger partial charge on any atom is 0.143 e. The molecule has 1 N–H and O–H groups in total. The maximum atomic E-state index is 12.3. The van der Waals surface area contributed by atoms with Crippen LogP contribution in [0.5, 0.6) is 0 Å². The van der Waals surface area contributed by atoms with Gasteiger partial charge in [-0.25, -0.2) is 9.67 Å². The topological polar surface area (TPSA) is 101 Å². The number of benzene rings is 1. The SMILES string of the molecule is N#Cc1cccc(C(O)(c2cccnc2)C(c2ccc(Br)nc2)n2ccnn2)c1. The molecular weight excluding hydrogens is 432 g/mol. The molecule has 142 valence electrons. The number of aliphatic hydroxyl groups is 1. The molecule has 1 aromatic carbocycles. The molecule has 3 aromatic heterocycles. The average Bonchev–Trinajstić information content (AvgIpc) is 3.30. The number of pyridine rings is 2. The van der Waals surface area contributed by atoms with Crippen LogP contribution in [0.25, 0.3) is 0 Å². The molecule has 2 unspecified atom stereocenters. The molecule has 0 saturated heterocycles. The van der Waals surface area contributed by atoms with E-state index in [2.05, 4.69) is 42.3 Å². The van der Waals surface area contributed by atoms with Crippen LogP contribution in [-0.4, -0.2) is 30.1 Å². The van der Waals surface area contributed by atoms with Crippen molar-refractivity contribution in [3.05, 3.63) is 106 Å². The highest BCUT2D eigenvalue weighted by atomic mass is 79.9. The van der Waals surface area contributed by atoms with Gasteiger partial charge in [0.05, 0.1) is 17.8 Å². The monoisotopic (exact) mass is 446 g/mol. The number of hydrogen-bond donors (Lipinski definition) is 1. The molecule has 3 heterocycles. The van der Waals surface area contributed by atoms with Gasteiger partial charge >= 0.3 is 0 Å². The third-order valence-corrected chi connectivity index (χ3v) is 5.17. The third-order valence-electron chi connectivity index (χ3n) is 4.70. The summed E-state index contributed by atoms with van der Waals surface area (Å²) in [6.07, 6.45) is 8.15. The number of rotatable bonds is 5. The van der Waals surface area contributed by atoms with Crippen LogP contribution in [0.1, 0.15) is 28.3 Å². The maximum absolute atomic E-state index is 12.3. The molecular formula is C21H15BrN6O. The minimum atomic E-state index is -1.59. The standard InChI is InChI=1S/C21H15BrN6O/c22-19-7-6-16(13-25-19)20(28-10-9-26-27-28)21(29,18-5-2-8-24-14-18)17-4-1-3-15(11-17)12-23/h1-11,13-14,20,29H. The van der Waals surface area contributed by atoms with E-state index in [-0.39, 0.29) is 0 Å². The van der Waals surface area contributed by atoms with E-state index in [0.29, 0.717) is 26.9 Å². The second-order valence-corrected chi connectivity index (χ2v) is 7.21. The molecule has 0 aliphatic rings. The lowest BCUT2D eigenvalue weighted by Gasteiger charge is -2.37. The second kappa shape index (κ2) is 7.91. The molecule has 0 fully saturated rings. The summed E-state index contributed by atoms with van der Waals surface area (Å²) in [5, 5.41) is 29.7. The van der Waals surface area contributed by atoms with Crippen LogP contribution in [0.15, 0.2) is 84.1 Å². The Morgan fingerprint density at radius 3 is 2.59 bits per heavy atom. The van der Waals surface area contributed by atoms with E-state index < -0.39 is 11.6 Å². The first-order valence-corrected chi connectivity index (χ1v) is 9.53. The van der Waals surface area contributed by atoms with Gasteiger partial charge in [-0.2, -0.15) is 5.26 Å². The number of hydrogen-bond acceptors (Lipinski definition) is 6. The summed E-state index contributed by atoms with van der Waals surface area (Å²) < 4.78 is 2.26. The van der Waals surface area contributed by atoms with Crippen molar-refractivity contribution in [1.82, 2.24) is 25.0 Å². The zero-order chi connectivity index (χ0) is 20.3. The van der Waals surface area contributed by atoms with Gasteiger partial charge in [0.1, 0.15) is 16.2 Å². The molecule has 0 aliphatic carbocycles. The summed E-state index contributed by atoms with van der Waals surface area (Å²) in [5.41, 5.74) is 0.652. The summed E-state index contributed by atoms with van der Waals surface area (Å²) in [5.74, 6) is 0.